The Morgan fingerprint density at radius 1 is 1.38 bits per heavy atom. The molecule has 0 spiro atoms. The van der Waals surface area contributed by atoms with Crippen LogP contribution in [0.3, 0.4) is 0 Å². The van der Waals surface area contributed by atoms with Gasteiger partial charge in [0, 0.05) is 44.1 Å². The largest absolute Gasteiger partial charge is 0.377 e. The lowest BCUT2D eigenvalue weighted by Crippen LogP contribution is -2.32. The molecule has 29 heavy (non-hydrogen) atoms. The number of sulfonamides is 1. The van der Waals surface area contributed by atoms with E-state index < -0.39 is 22.5 Å². The number of imidazole rings is 1. The summed E-state index contributed by atoms with van der Waals surface area (Å²) in [5.74, 6) is -0.355. The minimum atomic E-state index is -3.78. The van der Waals surface area contributed by atoms with Crippen molar-refractivity contribution in [3.05, 3.63) is 48.0 Å². The molecule has 1 aromatic heterocycles. The number of hydrogen-bond donors (Lipinski definition) is 2. The van der Waals surface area contributed by atoms with E-state index in [1.165, 1.54) is 36.7 Å². The minimum Gasteiger partial charge on any atom is -0.377 e. The number of carbonyl (C=O) groups is 1. The van der Waals surface area contributed by atoms with E-state index in [0.717, 1.165) is 17.4 Å². The van der Waals surface area contributed by atoms with E-state index in [9.17, 15) is 22.0 Å². The summed E-state index contributed by atoms with van der Waals surface area (Å²) >= 11 is 0. The third-order valence-electron chi connectivity index (χ3n) is 4.52. The SMILES string of the molecule is O=C(NCCc1nccn1C(F)F)c1cccc(S(=O)(=O)NCC2CCCO2)c1. The van der Waals surface area contributed by atoms with E-state index in [0.29, 0.717) is 6.61 Å². The van der Waals surface area contributed by atoms with E-state index in [-0.39, 0.29) is 41.9 Å². The van der Waals surface area contributed by atoms with E-state index in [2.05, 4.69) is 15.0 Å². The third-order valence-corrected chi connectivity index (χ3v) is 5.95. The summed E-state index contributed by atoms with van der Waals surface area (Å²) in [4.78, 5) is 16.1. The molecule has 0 saturated carbocycles. The highest BCUT2D eigenvalue weighted by Gasteiger charge is 2.21. The molecule has 8 nitrogen and oxygen atoms in total. The number of rotatable bonds is 9. The number of halogens is 2. The maximum atomic E-state index is 12.8. The Balaban J connectivity index is 1.57. The summed E-state index contributed by atoms with van der Waals surface area (Å²) in [7, 11) is -3.78. The van der Waals surface area contributed by atoms with Crippen molar-refractivity contribution in [2.45, 2.75) is 36.8 Å². The monoisotopic (exact) mass is 428 g/mol. The van der Waals surface area contributed by atoms with Crippen LogP contribution in [0.4, 0.5) is 8.78 Å². The molecule has 1 saturated heterocycles. The Morgan fingerprint density at radius 2 is 2.21 bits per heavy atom. The highest BCUT2D eigenvalue weighted by molar-refractivity contribution is 7.89. The lowest BCUT2D eigenvalue weighted by Gasteiger charge is -2.12. The highest BCUT2D eigenvalue weighted by Crippen LogP contribution is 2.15. The lowest BCUT2D eigenvalue weighted by atomic mass is 10.2. The van der Waals surface area contributed by atoms with E-state index in [4.69, 9.17) is 4.74 Å². The summed E-state index contributed by atoms with van der Waals surface area (Å²) < 4.78 is 59.1. The van der Waals surface area contributed by atoms with Crippen LogP contribution in [0.25, 0.3) is 0 Å². The molecule has 0 aliphatic carbocycles. The van der Waals surface area contributed by atoms with Gasteiger partial charge in [0.05, 0.1) is 11.0 Å². The molecule has 1 fully saturated rings. The number of nitrogens with one attached hydrogen (secondary N) is 2. The van der Waals surface area contributed by atoms with Gasteiger partial charge in [0.2, 0.25) is 10.0 Å². The highest BCUT2D eigenvalue weighted by atomic mass is 32.2. The fraction of sp³-hybridized carbons (Fsp3) is 0.444. The quantitative estimate of drug-likeness (QED) is 0.633. The Morgan fingerprint density at radius 3 is 2.93 bits per heavy atom. The number of ether oxygens (including phenoxy) is 1. The molecule has 0 bridgehead atoms. The Labute approximate surface area is 167 Å². The van der Waals surface area contributed by atoms with Gasteiger partial charge in [0.25, 0.3) is 5.91 Å². The van der Waals surface area contributed by atoms with Crippen molar-refractivity contribution in [1.29, 1.82) is 0 Å². The number of aromatic nitrogens is 2. The summed E-state index contributed by atoms with van der Waals surface area (Å²) in [6.07, 6.45) is 4.11. The zero-order chi connectivity index (χ0) is 20.9. The maximum absolute atomic E-state index is 12.8. The Kier molecular flexibility index (Phi) is 6.93. The predicted octanol–water partition coefficient (Wildman–Crippen LogP) is 1.71. The van der Waals surface area contributed by atoms with Crippen molar-refractivity contribution in [3.8, 4) is 0 Å². The lowest BCUT2D eigenvalue weighted by molar-refractivity contribution is 0.0670. The van der Waals surface area contributed by atoms with E-state index in [1.807, 2.05) is 0 Å². The van der Waals surface area contributed by atoms with Crippen LogP contribution in [-0.4, -0.2) is 49.7 Å². The molecule has 1 aliphatic rings. The second kappa shape index (κ2) is 9.42. The third kappa shape index (κ3) is 5.58. The summed E-state index contributed by atoms with van der Waals surface area (Å²) in [6.45, 7) is -1.82. The van der Waals surface area contributed by atoms with Crippen LogP contribution in [0.2, 0.25) is 0 Å². The number of nitrogens with zero attached hydrogens (tertiary/aromatic N) is 2. The Hall–Kier alpha value is -2.37. The normalized spacial score (nSPS) is 17.0. The molecular formula is C18H22F2N4O4S. The van der Waals surface area contributed by atoms with Crippen LogP contribution in [0.15, 0.2) is 41.6 Å². The van der Waals surface area contributed by atoms with Gasteiger partial charge in [-0.3, -0.25) is 9.36 Å². The molecule has 2 aromatic rings. The van der Waals surface area contributed by atoms with Crippen molar-refractivity contribution in [3.63, 3.8) is 0 Å². The number of carbonyl (C=O) groups excluding carboxylic acids is 1. The standard InChI is InChI=1S/C18H22F2N4O4S/c19-18(20)24-9-8-21-16(24)6-7-22-17(25)13-3-1-5-15(11-13)29(26,27)23-12-14-4-2-10-28-14/h1,3,5,8-9,11,14,18,23H,2,4,6-7,10,12H2,(H,22,25). The molecule has 1 aliphatic heterocycles. The molecule has 2 N–H and O–H groups in total. The van der Waals surface area contributed by atoms with Crippen LogP contribution in [0.5, 0.6) is 0 Å². The minimum absolute atomic E-state index is 0.0311. The molecule has 11 heteroatoms. The number of hydrogen-bond acceptors (Lipinski definition) is 5. The number of benzene rings is 1. The fourth-order valence-corrected chi connectivity index (χ4v) is 4.11. The van der Waals surface area contributed by atoms with Gasteiger partial charge in [-0.05, 0) is 31.0 Å². The summed E-state index contributed by atoms with van der Waals surface area (Å²) in [5, 5.41) is 2.59. The first-order chi connectivity index (χ1) is 13.9. The molecule has 2 heterocycles. The first-order valence-corrected chi connectivity index (χ1v) is 10.6. The molecule has 1 atom stereocenters. The van der Waals surface area contributed by atoms with Crippen molar-refractivity contribution >= 4 is 15.9 Å². The first-order valence-electron chi connectivity index (χ1n) is 9.16. The van der Waals surface area contributed by atoms with Gasteiger partial charge in [-0.1, -0.05) is 6.07 Å². The number of amides is 1. The summed E-state index contributed by atoms with van der Waals surface area (Å²) in [6, 6.07) is 5.62. The van der Waals surface area contributed by atoms with Crippen LogP contribution in [-0.2, 0) is 21.2 Å². The van der Waals surface area contributed by atoms with Crippen molar-refractivity contribution in [2.75, 3.05) is 19.7 Å². The topological polar surface area (TPSA) is 102 Å². The van der Waals surface area contributed by atoms with Crippen LogP contribution in [0.1, 0.15) is 35.6 Å². The zero-order valence-corrected chi connectivity index (χ0v) is 16.4. The predicted molar refractivity (Wildman–Crippen MR) is 100 cm³/mol. The van der Waals surface area contributed by atoms with Gasteiger partial charge in [0.1, 0.15) is 5.82 Å². The fourth-order valence-electron chi connectivity index (χ4n) is 3.00. The van der Waals surface area contributed by atoms with Crippen molar-refractivity contribution in [2.24, 2.45) is 0 Å². The second-order valence-corrected chi connectivity index (χ2v) is 8.32. The smallest absolute Gasteiger partial charge is 0.319 e. The number of alkyl halides is 2. The van der Waals surface area contributed by atoms with Gasteiger partial charge in [-0.15, -0.1) is 0 Å². The van der Waals surface area contributed by atoms with Gasteiger partial charge in [-0.25, -0.2) is 18.1 Å². The van der Waals surface area contributed by atoms with Crippen LogP contribution < -0.4 is 10.0 Å². The van der Waals surface area contributed by atoms with Gasteiger partial charge in [-0.2, -0.15) is 8.78 Å². The van der Waals surface area contributed by atoms with Gasteiger partial charge in [0.15, 0.2) is 0 Å². The summed E-state index contributed by atoms with van der Waals surface area (Å²) in [5.41, 5.74) is 0.155. The Bertz CT molecular complexity index is 943. The zero-order valence-electron chi connectivity index (χ0n) is 15.6. The average molecular weight is 428 g/mol. The van der Waals surface area contributed by atoms with E-state index in [1.54, 1.807) is 0 Å². The van der Waals surface area contributed by atoms with Crippen molar-refractivity contribution < 1.29 is 26.7 Å². The average Bonchev–Trinajstić information content (AvgIpc) is 3.38. The molecule has 1 unspecified atom stereocenters. The van der Waals surface area contributed by atoms with E-state index >= 15 is 0 Å². The molecule has 158 valence electrons. The first kappa shape index (κ1) is 21.3. The van der Waals surface area contributed by atoms with Crippen molar-refractivity contribution in [1.82, 2.24) is 19.6 Å². The van der Waals surface area contributed by atoms with Gasteiger partial charge < -0.3 is 10.1 Å². The second-order valence-electron chi connectivity index (χ2n) is 6.55. The molecule has 1 aromatic carbocycles. The van der Waals surface area contributed by atoms with Crippen LogP contribution in [0, 0.1) is 0 Å². The van der Waals surface area contributed by atoms with Crippen LogP contribution >= 0.6 is 0 Å². The molecular weight excluding hydrogens is 406 g/mol. The molecule has 3 rings (SSSR count). The molecule has 0 radical (unpaired) electrons. The van der Waals surface area contributed by atoms with Gasteiger partial charge >= 0.3 is 6.55 Å². The maximum Gasteiger partial charge on any atom is 0.319 e. The molecule has 1 amide bonds.